The van der Waals surface area contributed by atoms with E-state index in [4.69, 9.17) is 0 Å². The normalized spacial score (nSPS) is 11.1. The Hall–Kier alpha value is -2.22. The molecule has 0 aliphatic rings. The van der Waals surface area contributed by atoms with Gasteiger partial charge in [0, 0.05) is 22.8 Å². The van der Waals surface area contributed by atoms with Crippen LogP contribution in [0.4, 0.5) is 18.9 Å². The first-order valence-electron chi connectivity index (χ1n) is 6.48. The molecule has 2 rings (SSSR count). The van der Waals surface area contributed by atoms with Crippen LogP contribution in [0.25, 0.3) is 0 Å². The summed E-state index contributed by atoms with van der Waals surface area (Å²) in [5, 5.41) is 2.68. The number of pyridine rings is 1. The molecule has 0 unspecified atom stereocenters. The van der Waals surface area contributed by atoms with Crippen LogP contribution in [0.5, 0.6) is 5.88 Å². The quantitative estimate of drug-likeness (QED) is 0.835. The topological polar surface area (TPSA) is 51.2 Å². The molecule has 2 aromatic rings. The first-order chi connectivity index (χ1) is 10.9. The minimum atomic E-state index is -4.43. The number of hydrogen-bond donors (Lipinski definition) is 1. The molecular weight excluding hydrogens is 329 g/mol. The zero-order valence-electron chi connectivity index (χ0n) is 12.1. The lowest BCUT2D eigenvalue weighted by Gasteiger charge is -2.09. The van der Waals surface area contributed by atoms with E-state index in [0.717, 1.165) is 11.1 Å². The van der Waals surface area contributed by atoms with Gasteiger partial charge in [-0.05, 0) is 36.6 Å². The van der Waals surface area contributed by atoms with Crippen molar-refractivity contribution in [3.05, 3.63) is 48.2 Å². The van der Waals surface area contributed by atoms with Crippen LogP contribution in [0, 0.1) is 0 Å². The highest BCUT2D eigenvalue weighted by Gasteiger charge is 2.28. The second kappa shape index (κ2) is 7.36. The Kier molecular flexibility index (Phi) is 5.49. The van der Waals surface area contributed by atoms with Crippen molar-refractivity contribution in [2.75, 3.05) is 18.2 Å². The number of hydrogen-bond acceptors (Lipinski definition) is 4. The van der Waals surface area contributed by atoms with Gasteiger partial charge in [0.1, 0.15) is 0 Å². The summed E-state index contributed by atoms with van der Waals surface area (Å²) in [5.41, 5.74) is 0.837. The van der Waals surface area contributed by atoms with Crippen molar-refractivity contribution in [1.29, 1.82) is 0 Å². The summed E-state index contributed by atoms with van der Waals surface area (Å²) in [7, 11) is 0. The van der Waals surface area contributed by atoms with Crippen molar-refractivity contribution >= 4 is 23.4 Å². The number of benzene rings is 1. The Morgan fingerprint density at radius 2 is 1.91 bits per heavy atom. The summed E-state index contributed by atoms with van der Waals surface area (Å²) in [4.78, 5) is 16.8. The summed E-state index contributed by atoms with van der Waals surface area (Å²) >= 11 is 1.58. The summed E-state index contributed by atoms with van der Waals surface area (Å²) < 4.78 is 40.6. The third-order valence-corrected chi connectivity index (χ3v) is 3.47. The van der Waals surface area contributed by atoms with E-state index in [1.54, 1.807) is 23.9 Å². The van der Waals surface area contributed by atoms with Gasteiger partial charge < -0.3 is 10.1 Å². The highest BCUT2D eigenvalue weighted by atomic mass is 32.2. The molecule has 0 aliphatic carbocycles. The van der Waals surface area contributed by atoms with Crippen LogP contribution < -0.4 is 10.1 Å². The van der Waals surface area contributed by atoms with Gasteiger partial charge in [0.2, 0.25) is 5.88 Å². The van der Waals surface area contributed by atoms with Crippen LogP contribution in [0.15, 0.2) is 47.5 Å². The highest BCUT2D eigenvalue weighted by Crippen LogP contribution is 2.19. The van der Waals surface area contributed by atoms with Crippen LogP contribution in [0.1, 0.15) is 10.4 Å². The molecule has 0 fully saturated rings. The molecule has 1 aromatic heterocycles. The Morgan fingerprint density at radius 3 is 2.43 bits per heavy atom. The number of nitrogens with one attached hydrogen (secondary N) is 1. The maximum atomic E-state index is 12.0. The first kappa shape index (κ1) is 17.1. The molecule has 0 spiro atoms. The van der Waals surface area contributed by atoms with E-state index in [2.05, 4.69) is 15.0 Å². The molecule has 1 aromatic carbocycles. The standard InChI is InChI=1S/C15H13F3N2O2S/c1-23-12-5-3-11(4-6-12)20-14(21)10-2-7-13(19-8-10)22-9-15(16,17)18/h2-8H,9H2,1H3,(H,20,21). The number of aromatic nitrogens is 1. The minimum absolute atomic E-state index is 0.191. The van der Waals surface area contributed by atoms with Gasteiger partial charge in [-0.3, -0.25) is 4.79 Å². The molecular formula is C15H13F3N2O2S. The average molecular weight is 342 g/mol. The van der Waals surface area contributed by atoms with Gasteiger partial charge in [-0.1, -0.05) is 0 Å². The van der Waals surface area contributed by atoms with Crippen molar-refractivity contribution in [3.8, 4) is 5.88 Å². The average Bonchev–Trinajstić information content (AvgIpc) is 2.53. The highest BCUT2D eigenvalue weighted by molar-refractivity contribution is 7.98. The number of carbonyl (C=O) groups excluding carboxylic acids is 1. The van der Waals surface area contributed by atoms with Crippen LogP contribution in [0.2, 0.25) is 0 Å². The largest absolute Gasteiger partial charge is 0.468 e. The third-order valence-electron chi connectivity index (χ3n) is 2.73. The molecule has 0 saturated carbocycles. The number of anilines is 1. The molecule has 0 radical (unpaired) electrons. The molecule has 0 atom stereocenters. The first-order valence-corrected chi connectivity index (χ1v) is 7.71. The fourth-order valence-electron chi connectivity index (χ4n) is 1.63. The zero-order chi connectivity index (χ0) is 16.9. The van der Waals surface area contributed by atoms with Gasteiger partial charge in [-0.2, -0.15) is 13.2 Å². The molecule has 122 valence electrons. The molecule has 1 heterocycles. The van der Waals surface area contributed by atoms with E-state index in [1.165, 1.54) is 12.1 Å². The number of carbonyl (C=O) groups is 1. The van der Waals surface area contributed by atoms with Crippen molar-refractivity contribution in [2.45, 2.75) is 11.1 Å². The maximum absolute atomic E-state index is 12.0. The summed E-state index contributed by atoms with van der Waals surface area (Å²) in [6.07, 6.45) is -1.32. The van der Waals surface area contributed by atoms with Gasteiger partial charge in [0.25, 0.3) is 5.91 Å². The molecule has 0 aliphatic heterocycles. The third kappa shape index (κ3) is 5.48. The van der Waals surface area contributed by atoms with Gasteiger partial charge in [-0.25, -0.2) is 4.98 Å². The fourth-order valence-corrected chi connectivity index (χ4v) is 2.04. The van der Waals surface area contributed by atoms with E-state index < -0.39 is 18.7 Å². The number of nitrogens with zero attached hydrogens (tertiary/aromatic N) is 1. The predicted octanol–water partition coefficient (Wildman–Crippen LogP) is 4.00. The van der Waals surface area contributed by atoms with Gasteiger partial charge in [0.15, 0.2) is 6.61 Å². The maximum Gasteiger partial charge on any atom is 0.422 e. The number of rotatable bonds is 5. The van der Waals surface area contributed by atoms with E-state index in [1.807, 2.05) is 18.4 Å². The summed E-state index contributed by atoms with van der Waals surface area (Å²) in [6, 6.07) is 9.83. The number of alkyl halides is 3. The summed E-state index contributed by atoms with van der Waals surface area (Å²) in [6.45, 7) is -1.42. The van der Waals surface area contributed by atoms with Crippen molar-refractivity contribution in [2.24, 2.45) is 0 Å². The lowest BCUT2D eigenvalue weighted by Crippen LogP contribution is -2.19. The molecule has 1 amide bonds. The number of ether oxygens (including phenoxy) is 1. The smallest absolute Gasteiger partial charge is 0.422 e. The number of halogens is 3. The van der Waals surface area contributed by atoms with Crippen LogP contribution in [0.3, 0.4) is 0 Å². The van der Waals surface area contributed by atoms with Crippen molar-refractivity contribution in [3.63, 3.8) is 0 Å². The molecule has 23 heavy (non-hydrogen) atoms. The zero-order valence-corrected chi connectivity index (χ0v) is 12.9. The number of thioether (sulfide) groups is 1. The van der Waals surface area contributed by atoms with Crippen LogP contribution in [-0.2, 0) is 0 Å². The Bertz CT molecular complexity index is 658. The van der Waals surface area contributed by atoms with Gasteiger partial charge in [0.05, 0.1) is 5.56 Å². The van der Waals surface area contributed by atoms with E-state index >= 15 is 0 Å². The van der Waals surface area contributed by atoms with Gasteiger partial charge in [-0.15, -0.1) is 11.8 Å². The Labute approximate surface area is 135 Å². The Morgan fingerprint density at radius 1 is 1.22 bits per heavy atom. The monoisotopic (exact) mass is 342 g/mol. The van der Waals surface area contributed by atoms with E-state index in [0.29, 0.717) is 5.69 Å². The Balaban J connectivity index is 1.96. The lowest BCUT2D eigenvalue weighted by atomic mass is 10.2. The predicted molar refractivity (Wildman–Crippen MR) is 82.0 cm³/mol. The second-order valence-electron chi connectivity index (χ2n) is 4.47. The molecule has 8 heteroatoms. The van der Waals surface area contributed by atoms with Crippen LogP contribution in [-0.4, -0.2) is 29.9 Å². The van der Waals surface area contributed by atoms with Gasteiger partial charge >= 0.3 is 6.18 Å². The van der Waals surface area contributed by atoms with E-state index in [-0.39, 0.29) is 11.4 Å². The van der Waals surface area contributed by atoms with Crippen molar-refractivity contribution in [1.82, 2.24) is 4.98 Å². The van der Waals surface area contributed by atoms with E-state index in [9.17, 15) is 18.0 Å². The lowest BCUT2D eigenvalue weighted by molar-refractivity contribution is -0.154. The molecule has 0 saturated heterocycles. The second-order valence-corrected chi connectivity index (χ2v) is 5.35. The minimum Gasteiger partial charge on any atom is -0.468 e. The molecule has 4 nitrogen and oxygen atoms in total. The molecule has 1 N–H and O–H groups in total. The van der Waals surface area contributed by atoms with Crippen LogP contribution >= 0.6 is 11.8 Å². The fraction of sp³-hybridized carbons (Fsp3) is 0.200. The van der Waals surface area contributed by atoms with Crippen molar-refractivity contribution < 1.29 is 22.7 Å². The summed E-state index contributed by atoms with van der Waals surface area (Å²) in [5.74, 6) is -0.597. The molecule has 0 bridgehead atoms. The SMILES string of the molecule is CSc1ccc(NC(=O)c2ccc(OCC(F)(F)F)nc2)cc1. The number of amides is 1.